The van der Waals surface area contributed by atoms with Gasteiger partial charge in [-0.3, -0.25) is 14.6 Å². The smallest absolute Gasteiger partial charge is 0.277 e. The number of rotatable bonds is 7. The van der Waals surface area contributed by atoms with Crippen molar-refractivity contribution in [3.05, 3.63) is 77.0 Å². The lowest BCUT2D eigenvalue weighted by Gasteiger charge is -2.62. The first kappa shape index (κ1) is 23.3. The lowest BCUT2D eigenvalue weighted by atomic mass is 9.45. The maximum absolute atomic E-state index is 13.6. The fourth-order valence-electron chi connectivity index (χ4n) is 6.03. The number of benzene rings is 1. The molecule has 2 heterocycles. The van der Waals surface area contributed by atoms with Crippen molar-refractivity contribution >= 4 is 11.6 Å². The van der Waals surface area contributed by atoms with Crippen molar-refractivity contribution in [3.8, 4) is 11.1 Å². The van der Waals surface area contributed by atoms with E-state index >= 15 is 0 Å². The molecule has 3 saturated carbocycles. The van der Waals surface area contributed by atoms with Crippen molar-refractivity contribution in [1.82, 2.24) is 20.1 Å². The van der Waals surface area contributed by atoms with Crippen LogP contribution < -0.4 is 16.2 Å². The van der Waals surface area contributed by atoms with E-state index in [1.54, 1.807) is 18.6 Å². The first-order chi connectivity index (χ1) is 16.8. The fourth-order valence-corrected chi connectivity index (χ4v) is 6.03. The van der Waals surface area contributed by atoms with Gasteiger partial charge in [-0.25, -0.2) is 4.68 Å². The van der Waals surface area contributed by atoms with Gasteiger partial charge in [-0.15, -0.1) is 0 Å². The van der Waals surface area contributed by atoms with Crippen molar-refractivity contribution in [2.75, 3.05) is 5.32 Å². The van der Waals surface area contributed by atoms with Gasteiger partial charge in [-0.1, -0.05) is 51.1 Å². The Labute approximate surface area is 206 Å². The summed E-state index contributed by atoms with van der Waals surface area (Å²) >= 11 is 0. The van der Waals surface area contributed by atoms with E-state index in [9.17, 15) is 9.59 Å². The number of aromatic nitrogens is 3. The van der Waals surface area contributed by atoms with Crippen molar-refractivity contribution in [3.63, 3.8) is 0 Å². The molecule has 3 aliphatic rings. The zero-order valence-electron chi connectivity index (χ0n) is 20.6. The van der Waals surface area contributed by atoms with Crippen LogP contribution in [0.4, 0.5) is 5.69 Å². The van der Waals surface area contributed by atoms with Crippen molar-refractivity contribution < 1.29 is 4.79 Å². The molecule has 7 nitrogen and oxygen atoms in total. The van der Waals surface area contributed by atoms with Gasteiger partial charge in [0.2, 0.25) is 5.91 Å². The first-order valence-corrected chi connectivity index (χ1v) is 12.4. The molecule has 3 aliphatic carbocycles. The van der Waals surface area contributed by atoms with Gasteiger partial charge in [0.25, 0.3) is 5.56 Å². The Balaban J connectivity index is 1.38. The van der Waals surface area contributed by atoms with Crippen LogP contribution >= 0.6 is 0 Å². The number of pyridine rings is 1. The van der Waals surface area contributed by atoms with E-state index in [2.05, 4.69) is 41.5 Å². The first-order valence-electron chi connectivity index (χ1n) is 12.4. The van der Waals surface area contributed by atoms with Crippen LogP contribution in [-0.4, -0.2) is 26.7 Å². The van der Waals surface area contributed by atoms with E-state index in [0.29, 0.717) is 41.3 Å². The average Bonchev–Trinajstić information content (AvgIpc) is 2.86. The maximum atomic E-state index is 13.6. The molecule has 0 radical (unpaired) electrons. The normalized spacial score (nSPS) is 24.3. The molecular formula is C28H33N5O2. The Morgan fingerprint density at radius 3 is 2.54 bits per heavy atom. The van der Waals surface area contributed by atoms with Crippen molar-refractivity contribution in [2.24, 2.45) is 23.2 Å². The van der Waals surface area contributed by atoms with Gasteiger partial charge in [-0.2, -0.15) is 5.10 Å². The zero-order valence-corrected chi connectivity index (χ0v) is 20.6. The summed E-state index contributed by atoms with van der Waals surface area (Å²) in [6, 6.07) is 13.6. The number of hydrogen-bond donors (Lipinski definition) is 2. The second-order valence-electron chi connectivity index (χ2n) is 10.6. The Bertz CT molecular complexity index is 1260. The topological polar surface area (TPSA) is 88.9 Å². The summed E-state index contributed by atoms with van der Waals surface area (Å²) in [7, 11) is 0. The Morgan fingerprint density at radius 1 is 1.11 bits per heavy atom. The minimum atomic E-state index is -0.269. The molecule has 35 heavy (non-hydrogen) atoms. The minimum absolute atomic E-state index is 0.137. The van der Waals surface area contributed by atoms with Gasteiger partial charge in [0.05, 0.1) is 17.4 Å². The SMILES string of the molecule is C[C@@H]1[C@H]2C[C@@H](C[C@H]1Nc1cnn(CC(=O)NCc3ccncc3)c(=O)c1-c1ccccc1)C2(C)C. The number of amides is 1. The molecular weight excluding hydrogens is 438 g/mol. The van der Waals surface area contributed by atoms with E-state index in [0.717, 1.165) is 23.2 Å². The molecule has 1 amide bonds. The molecule has 6 rings (SSSR count). The molecule has 0 aliphatic heterocycles. The number of nitrogens with one attached hydrogen (secondary N) is 2. The molecule has 7 heteroatoms. The van der Waals surface area contributed by atoms with Crippen LogP contribution in [0.3, 0.4) is 0 Å². The van der Waals surface area contributed by atoms with E-state index < -0.39 is 0 Å². The molecule has 2 aromatic heterocycles. The molecule has 0 spiro atoms. The zero-order chi connectivity index (χ0) is 24.6. The summed E-state index contributed by atoms with van der Waals surface area (Å²) in [6.45, 7) is 7.33. The van der Waals surface area contributed by atoms with Crippen LogP contribution in [0.1, 0.15) is 39.2 Å². The number of carbonyl (C=O) groups excluding carboxylic acids is 1. The predicted molar refractivity (Wildman–Crippen MR) is 137 cm³/mol. The van der Waals surface area contributed by atoms with Gasteiger partial charge >= 0.3 is 0 Å². The number of fused-ring (bicyclic) bond motifs is 2. The summed E-state index contributed by atoms with van der Waals surface area (Å²) in [5.41, 5.74) is 3.20. The summed E-state index contributed by atoms with van der Waals surface area (Å²) in [5.74, 6) is 1.65. The molecule has 1 aromatic carbocycles. The van der Waals surface area contributed by atoms with E-state index in [1.165, 1.54) is 11.1 Å². The average molecular weight is 472 g/mol. The van der Waals surface area contributed by atoms with Gasteiger partial charge in [-0.05, 0) is 59.3 Å². The largest absolute Gasteiger partial charge is 0.380 e. The van der Waals surface area contributed by atoms with Gasteiger partial charge in [0, 0.05) is 25.0 Å². The predicted octanol–water partition coefficient (Wildman–Crippen LogP) is 4.10. The van der Waals surface area contributed by atoms with Crippen LogP contribution in [0.5, 0.6) is 0 Å². The minimum Gasteiger partial charge on any atom is -0.380 e. The van der Waals surface area contributed by atoms with E-state index in [-0.39, 0.29) is 18.0 Å². The third-order valence-corrected chi connectivity index (χ3v) is 8.33. The number of hydrogen-bond acceptors (Lipinski definition) is 5. The van der Waals surface area contributed by atoms with Gasteiger partial charge < -0.3 is 10.6 Å². The van der Waals surface area contributed by atoms with Crippen LogP contribution in [0.15, 0.2) is 65.8 Å². The Hall–Kier alpha value is -3.48. The van der Waals surface area contributed by atoms with Crippen LogP contribution in [0.25, 0.3) is 11.1 Å². The Kier molecular flexibility index (Phi) is 6.17. The van der Waals surface area contributed by atoms with Crippen molar-refractivity contribution in [1.29, 1.82) is 0 Å². The van der Waals surface area contributed by atoms with Crippen molar-refractivity contribution in [2.45, 2.75) is 52.7 Å². The summed E-state index contributed by atoms with van der Waals surface area (Å²) in [6.07, 6.45) is 7.47. The molecule has 182 valence electrons. The Morgan fingerprint density at radius 2 is 1.86 bits per heavy atom. The highest BCUT2D eigenvalue weighted by molar-refractivity contribution is 5.78. The van der Waals surface area contributed by atoms with E-state index in [4.69, 9.17) is 0 Å². The summed E-state index contributed by atoms with van der Waals surface area (Å²) in [4.78, 5) is 30.1. The summed E-state index contributed by atoms with van der Waals surface area (Å²) < 4.78 is 1.25. The fraction of sp³-hybridized carbons (Fsp3) is 0.429. The highest BCUT2D eigenvalue weighted by Gasteiger charge is 2.56. The quantitative estimate of drug-likeness (QED) is 0.542. The molecule has 0 saturated heterocycles. The lowest BCUT2D eigenvalue weighted by Crippen LogP contribution is -2.58. The number of carbonyl (C=O) groups is 1. The van der Waals surface area contributed by atoms with Gasteiger partial charge in [0.15, 0.2) is 0 Å². The standard InChI is InChI=1S/C28H33N5O2/c1-18-22-13-21(28(22,2)3)14-23(18)32-24-16-31-33(27(35)26(24)20-7-5-4-6-8-20)17-25(34)30-15-19-9-11-29-12-10-19/h4-12,16,18,21-23,32H,13-15,17H2,1-3H3,(H,30,34)/t18-,21+,22-,23-/m1/s1. The number of nitrogens with zero attached hydrogens (tertiary/aromatic N) is 3. The molecule has 0 unspecified atom stereocenters. The second-order valence-corrected chi connectivity index (χ2v) is 10.6. The second kappa shape index (κ2) is 9.29. The molecule has 3 aromatic rings. The lowest BCUT2D eigenvalue weighted by molar-refractivity contribution is -0.122. The monoisotopic (exact) mass is 471 g/mol. The molecule has 2 bridgehead atoms. The maximum Gasteiger partial charge on any atom is 0.277 e. The highest BCUT2D eigenvalue weighted by atomic mass is 16.2. The van der Waals surface area contributed by atoms with E-state index in [1.807, 2.05) is 42.5 Å². The van der Waals surface area contributed by atoms with Crippen LogP contribution in [-0.2, 0) is 17.9 Å². The third-order valence-electron chi connectivity index (χ3n) is 8.33. The molecule has 3 fully saturated rings. The third kappa shape index (κ3) is 4.47. The molecule has 4 atom stereocenters. The van der Waals surface area contributed by atoms with Crippen LogP contribution in [0, 0.1) is 23.2 Å². The molecule has 2 N–H and O–H groups in total. The highest BCUT2D eigenvalue weighted by Crippen LogP contribution is 2.61. The van der Waals surface area contributed by atoms with Gasteiger partial charge in [0.1, 0.15) is 6.54 Å². The number of anilines is 1. The summed E-state index contributed by atoms with van der Waals surface area (Å²) in [5, 5.41) is 10.9. The van der Waals surface area contributed by atoms with Crippen LogP contribution in [0.2, 0.25) is 0 Å².